The van der Waals surface area contributed by atoms with Crippen LogP contribution in [0.4, 0.5) is 0 Å². The smallest absolute Gasteiger partial charge is 0.237 e. The number of likely N-dealkylation sites (tertiary alicyclic amines) is 1. The molecule has 5 heteroatoms. The summed E-state index contributed by atoms with van der Waals surface area (Å²) < 4.78 is 2.17. The maximum absolute atomic E-state index is 13.2. The van der Waals surface area contributed by atoms with Crippen molar-refractivity contribution in [3.63, 3.8) is 0 Å². The van der Waals surface area contributed by atoms with Crippen molar-refractivity contribution in [2.24, 2.45) is 11.8 Å². The lowest BCUT2D eigenvalue weighted by molar-refractivity contribution is -0.134. The van der Waals surface area contributed by atoms with Gasteiger partial charge in [-0.3, -0.25) is 9.69 Å². The van der Waals surface area contributed by atoms with Gasteiger partial charge in [0.1, 0.15) is 6.04 Å². The van der Waals surface area contributed by atoms with Gasteiger partial charge in [-0.15, -0.1) is 0 Å². The number of hydrogen-bond donors (Lipinski definition) is 0. The van der Waals surface area contributed by atoms with Crippen LogP contribution in [-0.2, 0) is 10.2 Å². The van der Waals surface area contributed by atoms with Crippen LogP contribution in [0.1, 0.15) is 56.9 Å². The monoisotopic (exact) mass is 442 g/mol. The predicted molar refractivity (Wildman–Crippen MR) is 128 cm³/mol. The van der Waals surface area contributed by atoms with Crippen molar-refractivity contribution in [2.45, 2.75) is 68.4 Å². The molecule has 7 rings (SSSR count). The third kappa shape index (κ3) is 3.10. The van der Waals surface area contributed by atoms with Crippen LogP contribution in [0.15, 0.2) is 48.8 Å². The van der Waals surface area contributed by atoms with Gasteiger partial charge in [-0.2, -0.15) is 5.26 Å². The highest BCUT2D eigenvalue weighted by atomic mass is 16.2. The Kier molecular flexibility index (Phi) is 4.92. The largest absolute Gasteiger partial charge is 0.326 e. The second kappa shape index (κ2) is 7.74. The van der Waals surface area contributed by atoms with E-state index in [-0.39, 0.29) is 22.9 Å². The van der Waals surface area contributed by atoms with Crippen LogP contribution in [0.5, 0.6) is 0 Å². The second-order valence-electron chi connectivity index (χ2n) is 11.0. The molecule has 1 aromatic heterocycles. The number of rotatable bonds is 5. The van der Waals surface area contributed by atoms with Crippen LogP contribution in [-0.4, -0.2) is 52.0 Å². The van der Waals surface area contributed by atoms with E-state index in [1.807, 2.05) is 4.90 Å². The normalized spacial score (nSPS) is 34.7. The molecule has 172 valence electrons. The summed E-state index contributed by atoms with van der Waals surface area (Å²) in [5.41, 5.74) is 3.07. The van der Waals surface area contributed by atoms with E-state index < -0.39 is 0 Å². The first-order valence-electron chi connectivity index (χ1n) is 12.7. The van der Waals surface area contributed by atoms with Crippen molar-refractivity contribution in [2.75, 3.05) is 20.1 Å². The van der Waals surface area contributed by atoms with Crippen LogP contribution >= 0.6 is 0 Å². The minimum Gasteiger partial charge on any atom is -0.326 e. The molecule has 1 aromatic carbocycles. The van der Waals surface area contributed by atoms with Gasteiger partial charge in [0.2, 0.25) is 5.91 Å². The first kappa shape index (κ1) is 21.0. The first-order valence-corrected chi connectivity index (χ1v) is 12.7. The third-order valence-electron chi connectivity index (χ3n) is 9.71. The maximum atomic E-state index is 13.2. The van der Waals surface area contributed by atoms with Gasteiger partial charge in [0.15, 0.2) is 0 Å². The first-order chi connectivity index (χ1) is 16.1. The van der Waals surface area contributed by atoms with Gasteiger partial charge < -0.3 is 9.47 Å². The van der Waals surface area contributed by atoms with E-state index >= 15 is 0 Å². The molecule has 2 aromatic rings. The van der Waals surface area contributed by atoms with Gasteiger partial charge in [0, 0.05) is 30.2 Å². The van der Waals surface area contributed by atoms with Crippen LogP contribution in [0.3, 0.4) is 0 Å². The third-order valence-corrected chi connectivity index (χ3v) is 9.71. The van der Waals surface area contributed by atoms with Crippen molar-refractivity contribution in [3.05, 3.63) is 54.4 Å². The van der Waals surface area contributed by atoms with Crippen molar-refractivity contribution in [3.8, 4) is 11.8 Å². The van der Waals surface area contributed by atoms with Gasteiger partial charge in [-0.25, -0.2) is 0 Å². The lowest BCUT2D eigenvalue weighted by Gasteiger charge is -2.46. The molecule has 5 fully saturated rings. The Balaban J connectivity index is 1.26. The Morgan fingerprint density at radius 1 is 1.15 bits per heavy atom. The molecule has 0 radical (unpaired) electrons. The molecule has 5 aliphatic rings. The molecule has 5 nitrogen and oxygen atoms in total. The topological polar surface area (TPSA) is 52.3 Å². The molecule has 4 unspecified atom stereocenters. The number of carbonyl (C=O) groups excluding carboxylic acids is 1. The standard InChI is InChI=1S/C28H34N4O/c1-30(19-26(33)32-15-5-7-25(32)18-29)28-17-23-16-22(28)6-4-12-27(23,20-28)21-8-10-24(11-9-21)31-13-2-3-14-31/h2-3,8-11,13-14,22-23,25H,4-7,12,15-17,19-20H2,1H3/t22?,23?,25-,27?,28?/m0/s1. The quantitative estimate of drug-likeness (QED) is 0.684. The predicted octanol–water partition coefficient (Wildman–Crippen LogP) is 4.51. The van der Waals surface area contributed by atoms with Gasteiger partial charge in [0.25, 0.3) is 0 Å². The fourth-order valence-corrected chi connectivity index (χ4v) is 8.12. The summed E-state index contributed by atoms with van der Waals surface area (Å²) in [6, 6.07) is 15.5. The Morgan fingerprint density at radius 3 is 2.70 bits per heavy atom. The summed E-state index contributed by atoms with van der Waals surface area (Å²) in [5.74, 6) is 1.55. The number of carbonyl (C=O) groups is 1. The number of amides is 1. The zero-order valence-electron chi connectivity index (χ0n) is 19.6. The Morgan fingerprint density at radius 2 is 1.94 bits per heavy atom. The van der Waals surface area contributed by atoms with E-state index in [4.69, 9.17) is 0 Å². The minimum absolute atomic E-state index is 0.123. The van der Waals surface area contributed by atoms with Gasteiger partial charge in [-0.05, 0) is 99.1 Å². The number of likely N-dealkylation sites (N-methyl/N-ethyl adjacent to an activating group) is 1. The van der Waals surface area contributed by atoms with Crippen LogP contribution < -0.4 is 0 Å². The van der Waals surface area contributed by atoms with Gasteiger partial charge in [0.05, 0.1) is 12.6 Å². The molecule has 2 heterocycles. The number of benzene rings is 1. The van der Waals surface area contributed by atoms with Gasteiger partial charge in [-0.1, -0.05) is 18.6 Å². The Bertz CT molecular complexity index is 1070. The van der Waals surface area contributed by atoms with Gasteiger partial charge >= 0.3 is 0 Å². The number of nitrogens with zero attached hydrogens (tertiary/aromatic N) is 4. The number of aromatic nitrogens is 1. The van der Waals surface area contributed by atoms with Crippen molar-refractivity contribution in [1.82, 2.24) is 14.4 Å². The molecule has 4 saturated carbocycles. The zero-order valence-corrected chi connectivity index (χ0v) is 19.6. The van der Waals surface area contributed by atoms with Crippen molar-refractivity contribution in [1.29, 1.82) is 5.26 Å². The molecule has 4 aliphatic carbocycles. The highest BCUT2D eigenvalue weighted by Gasteiger charge is 2.66. The molecule has 1 saturated heterocycles. The molecule has 33 heavy (non-hydrogen) atoms. The van der Waals surface area contributed by atoms with E-state index in [1.165, 1.54) is 49.8 Å². The number of hydrogen-bond acceptors (Lipinski definition) is 3. The summed E-state index contributed by atoms with van der Waals surface area (Å²) in [6.07, 6.45) is 13.5. The fraction of sp³-hybridized carbons (Fsp3) is 0.571. The summed E-state index contributed by atoms with van der Waals surface area (Å²) in [7, 11) is 2.18. The Hall–Kier alpha value is -2.58. The SMILES string of the molecule is CN(CC(=O)N1CCC[C@H]1C#N)C12CC3CC1CCCC3(c1ccc(-n3cccc3)cc1)C2. The highest BCUT2D eigenvalue weighted by molar-refractivity contribution is 5.79. The summed E-state index contributed by atoms with van der Waals surface area (Å²) in [6.45, 7) is 1.19. The van der Waals surface area contributed by atoms with Crippen LogP contribution in [0.25, 0.3) is 5.69 Å². The minimum atomic E-state index is -0.229. The van der Waals surface area contributed by atoms with Crippen molar-refractivity contribution < 1.29 is 4.79 Å². The molecular weight excluding hydrogens is 408 g/mol. The average molecular weight is 443 g/mol. The Labute approximate surface area is 197 Å². The highest BCUT2D eigenvalue weighted by Crippen LogP contribution is 2.67. The summed E-state index contributed by atoms with van der Waals surface area (Å²) in [5, 5.41) is 9.44. The molecule has 0 N–H and O–H groups in total. The second-order valence-corrected chi connectivity index (χ2v) is 11.0. The fourth-order valence-electron chi connectivity index (χ4n) is 8.12. The lowest BCUT2D eigenvalue weighted by Crippen LogP contribution is -2.54. The average Bonchev–Trinajstić information content (AvgIpc) is 3.60. The van der Waals surface area contributed by atoms with E-state index in [1.54, 1.807) is 0 Å². The van der Waals surface area contributed by atoms with E-state index in [2.05, 4.69) is 71.4 Å². The molecule has 5 atom stereocenters. The molecule has 0 spiro atoms. The van der Waals surface area contributed by atoms with E-state index in [0.717, 1.165) is 19.4 Å². The van der Waals surface area contributed by atoms with Crippen molar-refractivity contribution >= 4 is 5.91 Å². The lowest BCUT2D eigenvalue weighted by atomic mass is 9.65. The van der Waals surface area contributed by atoms with Crippen LogP contribution in [0.2, 0.25) is 0 Å². The van der Waals surface area contributed by atoms with E-state index in [0.29, 0.717) is 18.4 Å². The number of fused-ring (bicyclic) bond motifs is 2. The molecule has 4 bridgehead atoms. The molecule has 1 aliphatic heterocycles. The number of nitriles is 1. The molecular formula is C28H34N4O. The zero-order chi connectivity index (χ0) is 22.6. The van der Waals surface area contributed by atoms with E-state index in [9.17, 15) is 10.1 Å². The maximum Gasteiger partial charge on any atom is 0.237 e. The summed E-state index contributed by atoms with van der Waals surface area (Å²) >= 11 is 0. The summed E-state index contributed by atoms with van der Waals surface area (Å²) in [4.78, 5) is 17.4. The molecule has 1 amide bonds. The van der Waals surface area contributed by atoms with Crippen LogP contribution in [0, 0.1) is 23.2 Å².